The summed E-state index contributed by atoms with van der Waals surface area (Å²) in [4.78, 5) is 18.1. The molecule has 0 aliphatic heterocycles. The molecule has 0 bridgehead atoms. The molecular weight excluding hydrogens is 412 g/mol. The Morgan fingerprint density at radius 3 is 2.16 bits per heavy atom. The minimum atomic E-state index is -3.69. The van der Waals surface area contributed by atoms with E-state index in [4.69, 9.17) is 0 Å². The van der Waals surface area contributed by atoms with Crippen LogP contribution >= 0.6 is 0 Å². The molecule has 0 atom stereocenters. The van der Waals surface area contributed by atoms with Crippen molar-refractivity contribution < 1.29 is 8.42 Å². The summed E-state index contributed by atoms with van der Waals surface area (Å²) in [6.45, 7) is 0. The van der Waals surface area contributed by atoms with Gasteiger partial charge in [-0.15, -0.1) is 10.2 Å². The minimum absolute atomic E-state index is 0.128. The van der Waals surface area contributed by atoms with E-state index in [0.29, 0.717) is 16.6 Å². The fourth-order valence-electron chi connectivity index (χ4n) is 3.51. The molecule has 2 heterocycles. The lowest BCUT2D eigenvalue weighted by molar-refractivity contribution is 0.594. The van der Waals surface area contributed by atoms with Crippen molar-refractivity contribution in [1.29, 1.82) is 0 Å². The van der Waals surface area contributed by atoms with Crippen molar-refractivity contribution in [3.05, 3.63) is 101 Å². The second-order valence-electron chi connectivity index (χ2n) is 7.00. The molecule has 0 spiro atoms. The van der Waals surface area contributed by atoms with Crippen LogP contribution in [0.2, 0.25) is 0 Å². The van der Waals surface area contributed by atoms with Crippen molar-refractivity contribution in [3.8, 4) is 11.3 Å². The molecule has 0 radical (unpaired) electrons. The highest BCUT2D eigenvalue weighted by Gasteiger charge is 2.22. The molecule has 8 heteroatoms. The van der Waals surface area contributed by atoms with Gasteiger partial charge in [0, 0.05) is 5.56 Å². The van der Waals surface area contributed by atoms with Gasteiger partial charge in [0.1, 0.15) is 11.4 Å². The molecular formula is C23H16N4O3S. The van der Waals surface area contributed by atoms with Crippen LogP contribution in [0.1, 0.15) is 5.69 Å². The van der Waals surface area contributed by atoms with E-state index in [9.17, 15) is 13.2 Å². The second-order valence-corrected chi connectivity index (χ2v) is 8.99. The van der Waals surface area contributed by atoms with Gasteiger partial charge in [0.25, 0.3) is 5.56 Å². The maximum Gasteiger partial charge on any atom is 0.285 e. The van der Waals surface area contributed by atoms with Crippen LogP contribution in [0.4, 0.5) is 0 Å². The third kappa shape index (κ3) is 3.36. The minimum Gasteiger partial charge on any atom is -0.266 e. The molecule has 3 aromatic carbocycles. The number of rotatable bonds is 4. The van der Waals surface area contributed by atoms with Gasteiger partial charge in [0.15, 0.2) is 21.2 Å². The van der Waals surface area contributed by atoms with Crippen molar-refractivity contribution in [2.24, 2.45) is 0 Å². The van der Waals surface area contributed by atoms with Crippen molar-refractivity contribution in [3.63, 3.8) is 0 Å². The molecule has 5 rings (SSSR count). The number of nitrogens with zero attached hydrogens (tertiary/aromatic N) is 4. The molecule has 0 aliphatic carbocycles. The van der Waals surface area contributed by atoms with Crippen LogP contribution < -0.4 is 5.56 Å². The largest absolute Gasteiger partial charge is 0.285 e. The normalized spacial score (nSPS) is 11.7. The van der Waals surface area contributed by atoms with Gasteiger partial charge in [0.2, 0.25) is 0 Å². The summed E-state index contributed by atoms with van der Waals surface area (Å²) < 4.78 is 27.4. The van der Waals surface area contributed by atoms with E-state index in [0.717, 1.165) is 0 Å². The lowest BCUT2D eigenvalue weighted by atomic mass is 10.1. The topological polar surface area (TPSA) is 94.3 Å². The number of aromatic nitrogens is 4. The number of para-hydroxylation sites is 2. The summed E-state index contributed by atoms with van der Waals surface area (Å²) in [5, 5.41) is 8.36. The van der Waals surface area contributed by atoms with Gasteiger partial charge in [-0.25, -0.2) is 13.4 Å². The maximum absolute atomic E-state index is 13.4. The zero-order valence-electron chi connectivity index (χ0n) is 16.2. The standard InChI is InChI=1S/C23H16N4O3S/c28-23-21(16-9-3-1-4-10-16)25-26-22-19(15-31(29,30)17-11-5-2-6-12-17)24-18-13-7-8-14-20(18)27(22)23/h1-14H,15H2. The predicted octanol–water partition coefficient (Wildman–Crippen LogP) is 3.28. The van der Waals surface area contributed by atoms with Gasteiger partial charge in [-0.3, -0.25) is 9.20 Å². The van der Waals surface area contributed by atoms with E-state index in [1.165, 1.54) is 16.5 Å². The Balaban J connectivity index is 1.78. The van der Waals surface area contributed by atoms with Crippen molar-refractivity contribution in [1.82, 2.24) is 19.6 Å². The Morgan fingerprint density at radius 1 is 0.774 bits per heavy atom. The van der Waals surface area contributed by atoms with Gasteiger partial charge in [-0.05, 0) is 24.3 Å². The van der Waals surface area contributed by atoms with Crippen molar-refractivity contribution >= 4 is 26.5 Å². The molecule has 0 amide bonds. The summed E-state index contributed by atoms with van der Waals surface area (Å²) in [5.74, 6) is -0.399. The Bertz CT molecular complexity index is 1580. The number of fused-ring (bicyclic) bond motifs is 3. The summed E-state index contributed by atoms with van der Waals surface area (Å²) in [6.07, 6.45) is 0. The van der Waals surface area contributed by atoms with E-state index in [2.05, 4.69) is 15.2 Å². The number of hydrogen-bond donors (Lipinski definition) is 0. The molecule has 31 heavy (non-hydrogen) atoms. The smallest absolute Gasteiger partial charge is 0.266 e. The van der Waals surface area contributed by atoms with Crippen LogP contribution in [-0.2, 0) is 15.6 Å². The molecule has 2 aromatic heterocycles. The Labute approximate surface area is 177 Å². The Morgan fingerprint density at radius 2 is 1.42 bits per heavy atom. The zero-order valence-corrected chi connectivity index (χ0v) is 17.0. The van der Waals surface area contributed by atoms with Gasteiger partial charge in [-0.1, -0.05) is 60.7 Å². The zero-order chi connectivity index (χ0) is 21.4. The third-order valence-corrected chi connectivity index (χ3v) is 6.62. The van der Waals surface area contributed by atoms with Crippen LogP contribution in [0.3, 0.4) is 0 Å². The first-order valence-electron chi connectivity index (χ1n) is 9.55. The molecule has 0 N–H and O–H groups in total. The molecule has 152 valence electrons. The van der Waals surface area contributed by atoms with Crippen LogP contribution in [0, 0.1) is 0 Å². The maximum atomic E-state index is 13.4. The van der Waals surface area contributed by atoms with Gasteiger partial charge < -0.3 is 0 Å². The summed E-state index contributed by atoms with van der Waals surface area (Å²) in [6, 6.07) is 24.2. The lowest BCUT2D eigenvalue weighted by Crippen LogP contribution is -2.22. The monoisotopic (exact) mass is 428 g/mol. The first-order chi connectivity index (χ1) is 15.0. The van der Waals surface area contributed by atoms with Crippen molar-refractivity contribution in [2.75, 3.05) is 0 Å². The van der Waals surface area contributed by atoms with Crippen molar-refractivity contribution in [2.45, 2.75) is 10.6 Å². The first kappa shape index (κ1) is 19.1. The van der Waals surface area contributed by atoms with Gasteiger partial charge >= 0.3 is 0 Å². The van der Waals surface area contributed by atoms with Gasteiger partial charge in [0.05, 0.1) is 15.9 Å². The highest BCUT2D eigenvalue weighted by molar-refractivity contribution is 7.90. The quantitative estimate of drug-likeness (QED) is 0.408. The molecule has 7 nitrogen and oxygen atoms in total. The van der Waals surface area contributed by atoms with E-state index in [-0.39, 0.29) is 27.5 Å². The summed E-state index contributed by atoms with van der Waals surface area (Å²) in [5.41, 5.74) is 1.78. The Hall–Kier alpha value is -3.91. The van der Waals surface area contributed by atoms with Crippen LogP contribution in [0.25, 0.3) is 27.9 Å². The number of benzene rings is 3. The fourth-order valence-corrected chi connectivity index (χ4v) is 4.80. The van der Waals surface area contributed by atoms with Crippen LogP contribution in [0.5, 0.6) is 0 Å². The second kappa shape index (κ2) is 7.41. The summed E-state index contributed by atoms with van der Waals surface area (Å²) in [7, 11) is -3.69. The molecule has 0 saturated heterocycles. The highest BCUT2D eigenvalue weighted by atomic mass is 32.2. The average Bonchev–Trinajstić information content (AvgIpc) is 2.80. The van der Waals surface area contributed by atoms with Crippen LogP contribution in [0.15, 0.2) is 94.6 Å². The van der Waals surface area contributed by atoms with Crippen LogP contribution in [-0.4, -0.2) is 28.0 Å². The molecule has 0 saturated carbocycles. The van der Waals surface area contributed by atoms with E-state index < -0.39 is 15.6 Å². The molecule has 0 unspecified atom stereocenters. The highest BCUT2D eigenvalue weighted by Crippen LogP contribution is 2.21. The predicted molar refractivity (Wildman–Crippen MR) is 117 cm³/mol. The molecule has 5 aromatic rings. The van der Waals surface area contributed by atoms with Gasteiger partial charge in [-0.2, -0.15) is 0 Å². The number of hydrogen-bond acceptors (Lipinski definition) is 6. The fraction of sp³-hybridized carbons (Fsp3) is 0.0435. The average molecular weight is 428 g/mol. The number of sulfone groups is 1. The van der Waals surface area contributed by atoms with E-state index in [1.807, 2.05) is 18.2 Å². The molecule has 0 aliphatic rings. The SMILES string of the molecule is O=c1c(-c2ccccc2)nnc2c(CS(=O)(=O)c3ccccc3)nc3ccccc3n12. The first-order valence-corrected chi connectivity index (χ1v) is 11.2. The third-order valence-electron chi connectivity index (χ3n) is 4.97. The molecule has 0 fully saturated rings. The Kier molecular flexibility index (Phi) is 4.56. The lowest BCUT2D eigenvalue weighted by Gasteiger charge is -2.11. The van der Waals surface area contributed by atoms with E-state index in [1.54, 1.807) is 54.6 Å². The summed E-state index contributed by atoms with van der Waals surface area (Å²) >= 11 is 0. The van der Waals surface area contributed by atoms with E-state index >= 15 is 0 Å².